The van der Waals surface area contributed by atoms with Crippen molar-refractivity contribution in [1.82, 2.24) is 4.90 Å². The van der Waals surface area contributed by atoms with Gasteiger partial charge in [0.25, 0.3) is 0 Å². The van der Waals surface area contributed by atoms with Gasteiger partial charge in [-0.3, -0.25) is 0 Å². The van der Waals surface area contributed by atoms with Gasteiger partial charge in [0, 0.05) is 18.8 Å². The Bertz CT molecular complexity index is 471. The van der Waals surface area contributed by atoms with Crippen LogP contribution in [0.3, 0.4) is 0 Å². The fraction of sp³-hybridized carbons (Fsp3) is 0.562. The van der Waals surface area contributed by atoms with Gasteiger partial charge in [-0.2, -0.15) is 0 Å². The summed E-state index contributed by atoms with van der Waals surface area (Å²) in [5, 5.41) is 3.03. The number of benzene rings is 1. The minimum atomic E-state index is 0. The molecule has 1 fully saturated rings. The zero-order chi connectivity index (χ0) is 14.5. The maximum atomic E-state index is 12.3. The topological polar surface area (TPSA) is 58.4 Å². The lowest BCUT2D eigenvalue weighted by Crippen LogP contribution is -2.41. The molecule has 2 amide bonds. The van der Waals surface area contributed by atoms with Crippen molar-refractivity contribution < 1.29 is 4.79 Å². The third-order valence-corrected chi connectivity index (χ3v) is 4.11. The van der Waals surface area contributed by atoms with E-state index >= 15 is 0 Å². The van der Waals surface area contributed by atoms with Crippen LogP contribution in [0.4, 0.5) is 10.5 Å². The van der Waals surface area contributed by atoms with Crippen LogP contribution < -0.4 is 11.1 Å². The Morgan fingerprint density at radius 2 is 2.00 bits per heavy atom. The van der Waals surface area contributed by atoms with Gasteiger partial charge in [-0.05, 0) is 62.8 Å². The lowest BCUT2D eigenvalue weighted by atomic mass is 9.94. The molecular weight excluding hydrogens is 286 g/mol. The van der Waals surface area contributed by atoms with Crippen LogP contribution in [0.25, 0.3) is 0 Å². The summed E-state index contributed by atoms with van der Waals surface area (Å²) in [6.07, 6.45) is 3.21. The fourth-order valence-electron chi connectivity index (χ4n) is 2.73. The van der Waals surface area contributed by atoms with Crippen molar-refractivity contribution >= 4 is 24.1 Å². The van der Waals surface area contributed by atoms with Gasteiger partial charge in [0.05, 0.1) is 0 Å². The monoisotopic (exact) mass is 311 g/mol. The number of amides is 2. The number of carbonyl (C=O) groups excluding carboxylic acids is 1. The second-order valence-electron chi connectivity index (χ2n) is 5.76. The Morgan fingerprint density at radius 3 is 2.62 bits per heavy atom. The molecule has 1 heterocycles. The molecule has 5 heteroatoms. The van der Waals surface area contributed by atoms with Crippen molar-refractivity contribution in [2.45, 2.75) is 33.1 Å². The predicted octanol–water partition coefficient (Wildman–Crippen LogP) is 3.32. The highest BCUT2D eigenvalue weighted by atomic mass is 35.5. The van der Waals surface area contributed by atoms with E-state index in [1.165, 1.54) is 0 Å². The first kappa shape index (κ1) is 17.8. The SMILES string of the molecule is Cc1ccc(C)c(NC(=O)N2CCC(CCN)CC2)c1.Cl. The van der Waals surface area contributed by atoms with Crippen molar-refractivity contribution in [3.8, 4) is 0 Å². The Kier molecular flexibility index (Phi) is 6.99. The molecule has 1 saturated heterocycles. The number of aryl methyl sites for hydroxylation is 2. The van der Waals surface area contributed by atoms with Crippen molar-refractivity contribution in [3.05, 3.63) is 29.3 Å². The van der Waals surface area contributed by atoms with Gasteiger partial charge in [-0.1, -0.05) is 12.1 Å². The number of piperidine rings is 1. The van der Waals surface area contributed by atoms with E-state index in [4.69, 9.17) is 5.73 Å². The van der Waals surface area contributed by atoms with Crippen molar-refractivity contribution in [3.63, 3.8) is 0 Å². The van der Waals surface area contributed by atoms with E-state index in [1.54, 1.807) is 0 Å². The molecule has 0 unspecified atom stereocenters. The van der Waals surface area contributed by atoms with E-state index in [9.17, 15) is 4.79 Å². The smallest absolute Gasteiger partial charge is 0.321 e. The van der Waals surface area contributed by atoms with Crippen LogP contribution in [0.2, 0.25) is 0 Å². The summed E-state index contributed by atoms with van der Waals surface area (Å²) in [6.45, 7) is 6.47. The van der Waals surface area contributed by atoms with Crippen LogP contribution in [0.1, 0.15) is 30.4 Å². The molecular formula is C16H26ClN3O. The molecule has 3 N–H and O–H groups in total. The second-order valence-corrected chi connectivity index (χ2v) is 5.76. The number of rotatable bonds is 3. The highest BCUT2D eigenvalue weighted by molar-refractivity contribution is 5.90. The average molecular weight is 312 g/mol. The summed E-state index contributed by atoms with van der Waals surface area (Å²) in [5.41, 5.74) is 8.77. The summed E-state index contributed by atoms with van der Waals surface area (Å²) in [6, 6.07) is 6.14. The minimum absolute atomic E-state index is 0. The van der Waals surface area contributed by atoms with Crippen LogP contribution in [0.5, 0.6) is 0 Å². The fourth-order valence-corrected chi connectivity index (χ4v) is 2.73. The van der Waals surface area contributed by atoms with Crippen molar-refractivity contribution in [2.75, 3.05) is 25.0 Å². The molecule has 0 radical (unpaired) electrons. The first-order chi connectivity index (χ1) is 9.60. The Labute approximate surface area is 133 Å². The van der Waals surface area contributed by atoms with E-state index in [-0.39, 0.29) is 18.4 Å². The zero-order valence-electron chi connectivity index (χ0n) is 12.9. The molecule has 0 saturated carbocycles. The van der Waals surface area contributed by atoms with E-state index in [1.807, 2.05) is 30.9 Å². The summed E-state index contributed by atoms with van der Waals surface area (Å²) in [5.74, 6) is 0.685. The lowest BCUT2D eigenvalue weighted by Gasteiger charge is -2.32. The van der Waals surface area contributed by atoms with Gasteiger partial charge in [-0.25, -0.2) is 4.79 Å². The molecule has 1 aromatic carbocycles. The van der Waals surface area contributed by atoms with E-state index in [0.29, 0.717) is 5.92 Å². The first-order valence-electron chi connectivity index (χ1n) is 7.43. The number of carbonyl (C=O) groups is 1. The second kappa shape index (κ2) is 8.25. The lowest BCUT2D eigenvalue weighted by molar-refractivity contribution is 0.180. The number of hydrogen-bond acceptors (Lipinski definition) is 2. The molecule has 2 rings (SSSR count). The third kappa shape index (κ3) is 4.90. The molecule has 1 aliphatic heterocycles. The maximum Gasteiger partial charge on any atom is 0.321 e. The van der Waals surface area contributed by atoms with Gasteiger partial charge in [-0.15, -0.1) is 12.4 Å². The molecule has 0 aromatic heterocycles. The molecule has 4 nitrogen and oxygen atoms in total. The van der Waals surface area contributed by atoms with Gasteiger partial charge in [0.1, 0.15) is 0 Å². The normalized spacial score (nSPS) is 15.5. The summed E-state index contributed by atoms with van der Waals surface area (Å²) in [4.78, 5) is 14.2. The van der Waals surface area contributed by atoms with Crippen molar-refractivity contribution in [1.29, 1.82) is 0 Å². The molecule has 118 valence electrons. The standard InChI is InChI=1S/C16H25N3O.ClH/c1-12-3-4-13(2)15(11-12)18-16(20)19-9-6-14(5-8-17)7-10-19;/h3-4,11,14H,5-10,17H2,1-2H3,(H,18,20);1H. The van der Waals surface area contributed by atoms with Crippen LogP contribution in [-0.4, -0.2) is 30.6 Å². The number of nitrogens with one attached hydrogen (secondary N) is 1. The zero-order valence-corrected chi connectivity index (χ0v) is 13.7. The molecule has 0 bridgehead atoms. The van der Waals surface area contributed by atoms with Gasteiger partial charge >= 0.3 is 6.03 Å². The average Bonchev–Trinajstić information content (AvgIpc) is 2.44. The number of hydrogen-bond donors (Lipinski definition) is 2. The van der Waals surface area contributed by atoms with E-state index in [0.717, 1.165) is 55.7 Å². The first-order valence-corrected chi connectivity index (χ1v) is 7.43. The van der Waals surface area contributed by atoms with Crippen LogP contribution in [0, 0.1) is 19.8 Å². The number of likely N-dealkylation sites (tertiary alicyclic amines) is 1. The molecule has 1 aliphatic rings. The van der Waals surface area contributed by atoms with Crippen LogP contribution in [0.15, 0.2) is 18.2 Å². The molecule has 0 aliphatic carbocycles. The highest BCUT2D eigenvalue weighted by Gasteiger charge is 2.22. The maximum absolute atomic E-state index is 12.3. The highest BCUT2D eigenvalue weighted by Crippen LogP contribution is 2.22. The van der Waals surface area contributed by atoms with Crippen LogP contribution in [-0.2, 0) is 0 Å². The molecule has 21 heavy (non-hydrogen) atoms. The molecule has 0 spiro atoms. The van der Waals surface area contributed by atoms with Gasteiger partial charge in [0.15, 0.2) is 0 Å². The number of nitrogens with two attached hydrogens (primary N) is 1. The third-order valence-electron chi connectivity index (χ3n) is 4.11. The largest absolute Gasteiger partial charge is 0.330 e. The quantitative estimate of drug-likeness (QED) is 0.899. The predicted molar refractivity (Wildman–Crippen MR) is 90.2 cm³/mol. The molecule has 0 atom stereocenters. The van der Waals surface area contributed by atoms with E-state index < -0.39 is 0 Å². The number of anilines is 1. The van der Waals surface area contributed by atoms with Gasteiger partial charge in [0.2, 0.25) is 0 Å². The van der Waals surface area contributed by atoms with E-state index in [2.05, 4.69) is 11.4 Å². The summed E-state index contributed by atoms with van der Waals surface area (Å²) < 4.78 is 0. The van der Waals surface area contributed by atoms with Crippen molar-refractivity contribution in [2.24, 2.45) is 11.7 Å². The summed E-state index contributed by atoms with van der Waals surface area (Å²) in [7, 11) is 0. The number of urea groups is 1. The molecule has 1 aromatic rings. The number of halogens is 1. The van der Waals surface area contributed by atoms with Gasteiger partial charge < -0.3 is 16.0 Å². The summed E-state index contributed by atoms with van der Waals surface area (Å²) >= 11 is 0. The Morgan fingerprint density at radius 1 is 1.33 bits per heavy atom. The number of nitrogens with zero attached hydrogens (tertiary/aromatic N) is 1. The van der Waals surface area contributed by atoms with Crippen LogP contribution >= 0.6 is 12.4 Å². The Balaban J connectivity index is 0.00000220. The Hall–Kier alpha value is -1.26. The minimum Gasteiger partial charge on any atom is -0.330 e.